The molecule has 0 bridgehead atoms. The molecule has 0 saturated carbocycles. The first-order chi connectivity index (χ1) is 4.98. The number of rotatable bonds is 4. The average Bonchev–Trinajstić information content (AvgIpc) is 1.86. The van der Waals surface area contributed by atoms with Crippen molar-refractivity contribution < 1.29 is 19.5 Å². The highest BCUT2D eigenvalue weighted by molar-refractivity contribution is 7.52. The van der Waals surface area contributed by atoms with Crippen molar-refractivity contribution in [1.82, 2.24) is 0 Å². The molecule has 0 amide bonds. The summed E-state index contributed by atoms with van der Waals surface area (Å²) < 4.78 is 10.3. The van der Waals surface area contributed by atoms with Crippen LogP contribution in [0.1, 0.15) is 19.8 Å². The zero-order chi connectivity index (χ0) is 8.91. The lowest BCUT2D eigenvalue weighted by Crippen LogP contribution is -2.01. The van der Waals surface area contributed by atoms with Gasteiger partial charge >= 0.3 is 7.60 Å². The first kappa shape index (κ1) is 10.8. The molecule has 0 heterocycles. The lowest BCUT2D eigenvalue weighted by molar-refractivity contribution is 0.238. The predicted molar refractivity (Wildman–Crippen MR) is 42.1 cm³/mol. The van der Waals surface area contributed by atoms with Gasteiger partial charge in [-0.05, 0) is 12.5 Å². The van der Waals surface area contributed by atoms with Gasteiger partial charge in [-0.25, -0.2) is 0 Å². The van der Waals surface area contributed by atoms with Crippen molar-refractivity contribution in [3.63, 3.8) is 0 Å². The maximum absolute atomic E-state index is 10.3. The summed E-state index contributed by atoms with van der Waals surface area (Å²) in [5.74, 6) is -1.64. The molecule has 0 aromatic heterocycles. The molecule has 0 spiro atoms. The van der Waals surface area contributed by atoms with Crippen LogP contribution in [0.15, 0.2) is 12.2 Å². The van der Waals surface area contributed by atoms with E-state index in [1.54, 1.807) is 6.08 Å². The van der Waals surface area contributed by atoms with Crippen LogP contribution in [-0.4, -0.2) is 20.7 Å². The SMILES string of the molecule is CCC/C=C/[C@@H](O)P(=O)(O)O. The summed E-state index contributed by atoms with van der Waals surface area (Å²) in [5.41, 5.74) is 0. The maximum atomic E-state index is 10.3. The summed E-state index contributed by atoms with van der Waals surface area (Å²) in [4.78, 5) is 16.8. The molecule has 0 rings (SSSR count). The van der Waals surface area contributed by atoms with Crippen molar-refractivity contribution >= 4 is 7.60 Å². The molecule has 0 saturated heterocycles. The van der Waals surface area contributed by atoms with Gasteiger partial charge in [-0.3, -0.25) is 4.57 Å². The zero-order valence-electron chi connectivity index (χ0n) is 6.34. The summed E-state index contributed by atoms with van der Waals surface area (Å²) in [5, 5.41) is 8.76. The van der Waals surface area contributed by atoms with Crippen molar-refractivity contribution in [2.45, 2.75) is 25.6 Å². The highest BCUT2D eigenvalue weighted by Crippen LogP contribution is 2.40. The number of aliphatic hydroxyl groups excluding tert-OH is 1. The maximum Gasteiger partial charge on any atom is 0.357 e. The highest BCUT2D eigenvalue weighted by atomic mass is 31.2. The van der Waals surface area contributed by atoms with Gasteiger partial charge in [0.15, 0.2) is 5.85 Å². The van der Waals surface area contributed by atoms with Crippen molar-refractivity contribution in [1.29, 1.82) is 0 Å². The lowest BCUT2D eigenvalue weighted by Gasteiger charge is -2.06. The number of aliphatic hydroxyl groups is 1. The van der Waals surface area contributed by atoms with Crippen LogP contribution in [0, 0.1) is 0 Å². The van der Waals surface area contributed by atoms with Crippen LogP contribution in [0.3, 0.4) is 0 Å². The van der Waals surface area contributed by atoms with E-state index in [4.69, 9.17) is 14.9 Å². The Balaban J connectivity index is 3.87. The van der Waals surface area contributed by atoms with Crippen molar-refractivity contribution in [2.75, 3.05) is 0 Å². The molecule has 66 valence electrons. The molecule has 0 aliphatic heterocycles. The Morgan fingerprint density at radius 2 is 2.09 bits per heavy atom. The zero-order valence-corrected chi connectivity index (χ0v) is 7.24. The van der Waals surface area contributed by atoms with E-state index in [0.717, 1.165) is 18.9 Å². The Kier molecular flexibility index (Phi) is 4.61. The first-order valence-electron chi connectivity index (χ1n) is 3.38. The van der Waals surface area contributed by atoms with Gasteiger partial charge < -0.3 is 14.9 Å². The van der Waals surface area contributed by atoms with Gasteiger partial charge in [0.2, 0.25) is 0 Å². The fourth-order valence-corrected chi connectivity index (χ4v) is 0.843. The third kappa shape index (κ3) is 5.16. The van der Waals surface area contributed by atoms with E-state index >= 15 is 0 Å². The van der Waals surface area contributed by atoms with E-state index in [1.165, 1.54) is 0 Å². The Morgan fingerprint density at radius 3 is 2.45 bits per heavy atom. The molecule has 11 heavy (non-hydrogen) atoms. The van der Waals surface area contributed by atoms with E-state index < -0.39 is 13.4 Å². The average molecular weight is 180 g/mol. The Hall–Kier alpha value is -0.150. The van der Waals surface area contributed by atoms with Crippen LogP contribution >= 0.6 is 7.60 Å². The monoisotopic (exact) mass is 180 g/mol. The number of hydrogen-bond donors (Lipinski definition) is 3. The first-order valence-corrected chi connectivity index (χ1v) is 5.06. The molecule has 0 aliphatic rings. The number of unbranched alkanes of at least 4 members (excludes halogenated alkanes) is 1. The molecular formula is C6H13O4P. The standard InChI is InChI=1S/C6H13O4P/c1-2-3-4-5-6(7)11(8,9)10/h4-7H,2-3H2,1H3,(H2,8,9,10)/b5-4+/t6-/m0/s1. The molecule has 0 aromatic carbocycles. The van der Waals surface area contributed by atoms with Crippen molar-refractivity contribution in [3.8, 4) is 0 Å². The minimum atomic E-state index is -4.33. The molecule has 5 heteroatoms. The lowest BCUT2D eigenvalue weighted by atomic mass is 10.3. The minimum Gasteiger partial charge on any atom is -0.377 e. The molecule has 0 radical (unpaired) electrons. The third-order valence-electron chi connectivity index (χ3n) is 1.11. The normalized spacial score (nSPS) is 15.6. The van der Waals surface area contributed by atoms with Gasteiger partial charge in [-0.15, -0.1) is 0 Å². The van der Waals surface area contributed by atoms with E-state index in [1.807, 2.05) is 6.92 Å². The van der Waals surface area contributed by atoms with Crippen LogP contribution in [0.2, 0.25) is 0 Å². The summed E-state index contributed by atoms with van der Waals surface area (Å²) >= 11 is 0. The number of allylic oxidation sites excluding steroid dienone is 1. The van der Waals surface area contributed by atoms with Gasteiger partial charge in [-0.2, -0.15) is 0 Å². The fraction of sp³-hybridized carbons (Fsp3) is 0.667. The molecule has 4 nitrogen and oxygen atoms in total. The Bertz CT molecular complexity index is 171. The molecule has 1 atom stereocenters. The van der Waals surface area contributed by atoms with Crippen LogP contribution in [-0.2, 0) is 4.57 Å². The largest absolute Gasteiger partial charge is 0.377 e. The molecule has 0 aromatic rings. The Labute approximate surface area is 65.7 Å². The van der Waals surface area contributed by atoms with E-state index in [2.05, 4.69) is 0 Å². The quantitative estimate of drug-likeness (QED) is 0.442. The summed E-state index contributed by atoms with van der Waals surface area (Å²) in [6.07, 6.45) is 4.30. The smallest absolute Gasteiger partial charge is 0.357 e. The predicted octanol–water partition coefficient (Wildman–Crippen LogP) is 0.839. The summed E-state index contributed by atoms with van der Waals surface area (Å²) in [6.45, 7) is 1.94. The molecule has 0 fully saturated rings. The Morgan fingerprint density at radius 1 is 1.55 bits per heavy atom. The molecule has 0 aliphatic carbocycles. The molecule has 3 N–H and O–H groups in total. The second kappa shape index (κ2) is 4.67. The van der Waals surface area contributed by atoms with E-state index in [0.29, 0.717) is 0 Å². The minimum absolute atomic E-state index is 0.719. The van der Waals surface area contributed by atoms with Crippen molar-refractivity contribution in [2.24, 2.45) is 0 Å². The van der Waals surface area contributed by atoms with Gasteiger partial charge in [0.25, 0.3) is 0 Å². The van der Waals surface area contributed by atoms with Crippen LogP contribution in [0.5, 0.6) is 0 Å². The van der Waals surface area contributed by atoms with Crippen LogP contribution in [0.4, 0.5) is 0 Å². The van der Waals surface area contributed by atoms with E-state index in [9.17, 15) is 4.57 Å². The van der Waals surface area contributed by atoms with E-state index in [-0.39, 0.29) is 0 Å². The van der Waals surface area contributed by atoms with Crippen LogP contribution in [0.25, 0.3) is 0 Å². The van der Waals surface area contributed by atoms with Gasteiger partial charge in [0, 0.05) is 0 Å². The second-order valence-corrected chi connectivity index (χ2v) is 3.93. The van der Waals surface area contributed by atoms with Gasteiger partial charge in [0.1, 0.15) is 0 Å². The van der Waals surface area contributed by atoms with Gasteiger partial charge in [-0.1, -0.05) is 19.4 Å². The molecule has 0 unspecified atom stereocenters. The van der Waals surface area contributed by atoms with Crippen molar-refractivity contribution in [3.05, 3.63) is 12.2 Å². The summed E-state index contributed by atoms with van der Waals surface area (Å²) in [7, 11) is -4.33. The van der Waals surface area contributed by atoms with Gasteiger partial charge in [0.05, 0.1) is 0 Å². The topological polar surface area (TPSA) is 77.8 Å². The van der Waals surface area contributed by atoms with Crippen LogP contribution < -0.4 is 0 Å². The second-order valence-electron chi connectivity index (χ2n) is 2.22. The number of hydrogen-bond acceptors (Lipinski definition) is 2. The third-order valence-corrected chi connectivity index (χ3v) is 1.97. The molecular weight excluding hydrogens is 167 g/mol. The summed E-state index contributed by atoms with van der Waals surface area (Å²) in [6, 6.07) is 0. The highest BCUT2D eigenvalue weighted by Gasteiger charge is 2.22. The fourth-order valence-electron chi connectivity index (χ4n) is 0.497.